The molecule has 0 aliphatic heterocycles. The Balaban J connectivity index is 1.66. The smallest absolute Gasteiger partial charge is 0.234 e. The molecule has 0 aliphatic carbocycles. The number of amides is 1. The summed E-state index contributed by atoms with van der Waals surface area (Å²) in [6, 6.07) is 7.44. The molecule has 0 saturated heterocycles. The molecule has 0 unspecified atom stereocenters. The molecule has 0 spiro atoms. The van der Waals surface area contributed by atoms with Gasteiger partial charge in [0.25, 0.3) is 0 Å². The van der Waals surface area contributed by atoms with E-state index in [0.29, 0.717) is 16.4 Å². The third kappa shape index (κ3) is 3.40. The van der Waals surface area contributed by atoms with Crippen LogP contribution in [0.4, 0.5) is 5.69 Å². The highest BCUT2D eigenvalue weighted by Crippen LogP contribution is 2.22. The Hall–Kier alpha value is -2.06. The van der Waals surface area contributed by atoms with E-state index in [-0.39, 0.29) is 11.7 Å². The summed E-state index contributed by atoms with van der Waals surface area (Å²) in [5.41, 5.74) is 3.97. The average Bonchev–Trinajstić information content (AvgIpc) is 2.94. The van der Waals surface area contributed by atoms with E-state index in [1.54, 1.807) is 0 Å². The lowest BCUT2D eigenvalue weighted by Gasteiger charge is -2.05. The number of aryl methyl sites for hydroxylation is 2. The van der Waals surface area contributed by atoms with Crippen LogP contribution in [0, 0.1) is 13.8 Å². The molecular formula is C14H13N5OS2. The number of fused-ring (bicyclic) bond motifs is 1. The topological polar surface area (TPSA) is 80.7 Å². The predicted molar refractivity (Wildman–Crippen MR) is 88.3 cm³/mol. The van der Waals surface area contributed by atoms with Gasteiger partial charge in [0.1, 0.15) is 11.0 Å². The molecule has 0 aliphatic rings. The van der Waals surface area contributed by atoms with Gasteiger partial charge < -0.3 is 5.32 Å². The summed E-state index contributed by atoms with van der Waals surface area (Å²) in [5.74, 6) is 0.130. The number of thioether (sulfide) groups is 1. The summed E-state index contributed by atoms with van der Waals surface area (Å²) in [4.78, 5) is 20.7. The third-order valence-electron chi connectivity index (χ3n) is 2.85. The first-order chi connectivity index (χ1) is 10.6. The SMILES string of the molecule is Cc1cc(C)nc(SCC(=O)Nc2cccc3nsnc23)n1. The maximum atomic E-state index is 12.1. The quantitative estimate of drug-likeness (QED) is 0.585. The van der Waals surface area contributed by atoms with Crippen molar-refractivity contribution in [2.45, 2.75) is 19.0 Å². The molecule has 0 saturated carbocycles. The van der Waals surface area contributed by atoms with E-state index in [1.165, 1.54) is 11.8 Å². The van der Waals surface area contributed by atoms with Crippen LogP contribution in [-0.2, 0) is 4.79 Å². The monoisotopic (exact) mass is 331 g/mol. The van der Waals surface area contributed by atoms with Gasteiger partial charge in [-0.05, 0) is 32.0 Å². The predicted octanol–water partition coefficient (Wildman–Crippen LogP) is 2.83. The van der Waals surface area contributed by atoms with Crippen LogP contribution in [0.15, 0.2) is 29.4 Å². The van der Waals surface area contributed by atoms with E-state index < -0.39 is 0 Å². The summed E-state index contributed by atoms with van der Waals surface area (Å²) in [6.07, 6.45) is 0. The molecule has 1 aromatic carbocycles. The Bertz CT molecular complexity index is 813. The summed E-state index contributed by atoms with van der Waals surface area (Å²) in [5, 5.41) is 3.47. The van der Waals surface area contributed by atoms with Gasteiger partial charge in [-0.15, -0.1) is 0 Å². The number of rotatable bonds is 4. The van der Waals surface area contributed by atoms with Crippen LogP contribution >= 0.6 is 23.5 Å². The van der Waals surface area contributed by atoms with Crippen molar-refractivity contribution in [1.29, 1.82) is 0 Å². The lowest BCUT2D eigenvalue weighted by molar-refractivity contribution is -0.113. The number of hydrogen-bond donors (Lipinski definition) is 1. The van der Waals surface area contributed by atoms with Gasteiger partial charge >= 0.3 is 0 Å². The van der Waals surface area contributed by atoms with Gasteiger partial charge in [-0.1, -0.05) is 17.8 Å². The highest BCUT2D eigenvalue weighted by Gasteiger charge is 2.10. The van der Waals surface area contributed by atoms with Crippen LogP contribution in [0.25, 0.3) is 11.0 Å². The second-order valence-electron chi connectivity index (χ2n) is 4.71. The molecule has 0 bridgehead atoms. The number of carbonyl (C=O) groups is 1. The highest BCUT2D eigenvalue weighted by molar-refractivity contribution is 7.99. The number of carbonyl (C=O) groups excluding carboxylic acids is 1. The van der Waals surface area contributed by atoms with Crippen LogP contribution in [-0.4, -0.2) is 30.4 Å². The van der Waals surface area contributed by atoms with Gasteiger partial charge in [0.15, 0.2) is 5.16 Å². The molecule has 112 valence electrons. The number of hydrogen-bond acceptors (Lipinski definition) is 7. The van der Waals surface area contributed by atoms with E-state index in [4.69, 9.17) is 0 Å². The van der Waals surface area contributed by atoms with E-state index >= 15 is 0 Å². The molecule has 6 nitrogen and oxygen atoms in total. The van der Waals surface area contributed by atoms with Crippen molar-refractivity contribution in [2.24, 2.45) is 0 Å². The van der Waals surface area contributed by atoms with Crippen LogP contribution in [0.5, 0.6) is 0 Å². The summed E-state index contributed by atoms with van der Waals surface area (Å²) in [7, 11) is 0. The van der Waals surface area contributed by atoms with Gasteiger partial charge in [-0.3, -0.25) is 4.79 Å². The van der Waals surface area contributed by atoms with E-state index in [1.807, 2.05) is 38.1 Å². The van der Waals surface area contributed by atoms with Crippen molar-refractivity contribution in [3.05, 3.63) is 35.7 Å². The highest BCUT2D eigenvalue weighted by atomic mass is 32.2. The van der Waals surface area contributed by atoms with Gasteiger partial charge in [0.2, 0.25) is 5.91 Å². The summed E-state index contributed by atoms with van der Waals surface area (Å²) >= 11 is 2.45. The fraction of sp³-hybridized carbons (Fsp3) is 0.214. The molecule has 1 amide bonds. The fourth-order valence-electron chi connectivity index (χ4n) is 1.98. The van der Waals surface area contributed by atoms with Crippen molar-refractivity contribution in [2.75, 3.05) is 11.1 Å². The zero-order valence-corrected chi connectivity index (χ0v) is 13.7. The van der Waals surface area contributed by atoms with Crippen LogP contribution in [0.2, 0.25) is 0 Å². The largest absolute Gasteiger partial charge is 0.323 e. The Morgan fingerprint density at radius 1 is 1.23 bits per heavy atom. The lowest BCUT2D eigenvalue weighted by atomic mass is 10.2. The lowest BCUT2D eigenvalue weighted by Crippen LogP contribution is -2.14. The van der Waals surface area contributed by atoms with Crippen LogP contribution < -0.4 is 5.32 Å². The van der Waals surface area contributed by atoms with Crippen molar-refractivity contribution >= 4 is 46.1 Å². The minimum Gasteiger partial charge on any atom is -0.323 e. The van der Waals surface area contributed by atoms with Gasteiger partial charge in [-0.2, -0.15) is 8.75 Å². The second kappa shape index (κ2) is 6.37. The maximum absolute atomic E-state index is 12.1. The number of benzene rings is 1. The van der Waals surface area contributed by atoms with E-state index in [2.05, 4.69) is 24.0 Å². The molecule has 22 heavy (non-hydrogen) atoms. The summed E-state index contributed by atoms with van der Waals surface area (Å²) < 4.78 is 8.35. The minimum absolute atomic E-state index is 0.117. The van der Waals surface area contributed by atoms with Gasteiger partial charge in [-0.25, -0.2) is 9.97 Å². The molecule has 3 aromatic rings. The number of nitrogens with one attached hydrogen (secondary N) is 1. The Morgan fingerprint density at radius 3 is 2.77 bits per heavy atom. The normalized spacial score (nSPS) is 10.8. The van der Waals surface area contributed by atoms with Gasteiger partial charge in [0, 0.05) is 11.4 Å². The first kappa shape index (κ1) is 14.9. The molecule has 0 fully saturated rings. The molecule has 0 radical (unpaired) electrons. The Kier molecular flexibility index (Phi) is 4.30. The number of anilines is 1. The number of nitrogens with zero attached hydrogens (tertiary/aromatic N) is 4. The standard InChI is InChI=1S/C14H13N5OS2/c1-8-6-9(2)16-14(15-8)21-7-12(20)17-10-4-3-5-11-13(10)19-22-18-11/h3-6H,7H2,1-2H3,(H,17,20). The van der Waals surface area contributed by atoms with Crippen molar-refractivity contribution in [1.82, 2.24) is 18.7 Å². The van der Waals surface area contributed by atoms with Crippen molar-refractivity contribution in [3.8, 4) is 0 Å². The summed E-state index contributed by atoms with van der Waals surface area (Å²) in [6.45, 7) is 3.82. The Morgan fingerprint density at radius 2 is 2.00 bits per heavy atom. The van der Waals surface area contributed by atoms with E-state index in [0.717, 1.165) is 28.6 Å². The maximum Gasteiger partial charge on any atom is 0.234 e. The zero-order chi connectivity index (χ0) is 15.5. The molecular weight excluding hydrogens is 318 g/mol. The molecule has 2 heterocycles. The van der Waals surface area contributed by atoms with Crippen LogP contribution in [0.3, 0.4) is 0 Å². The van der Waals surface area contributed by atoms with Crippen LogP contribution in [0.1, 0.15) is 11.4 Å². The minimum atomic E-state index is -0.117. The van der Waals surface area contributed by atoms with Gasteiger partial charge in [0.05, 0.1) is 23.2 Å². The van der Waals surface area contributed by atoms with E-state index in [9.17, 15) is 4.79 Å². The van der Waals surface area contributed by atoms with Crippen molar-refractivity contribution in [3.63, 3.8) is 0 Å². The second-order valence-corrected chi connectivity index (χ2v) is 6.18. The third-order valence-corrected chi connectivity index (χ3v) is 4.24. The number of aromatic nitrogens is 4. The van der Waals surface area contributed by atoms with Crippen molar-refractivity contribution < 1.29 is 4.79 Å². The Labute approximate surface area is 135 Å². The average molecular weight is 331 g/mol. The molecule has 1 N–H and O–H groups in total. The first-order valence-electron chi connectivity index (χ1n) is 6.58. The molecule has 2 aromatic heterocycles. The first-order valence-corrected chi connectivity index (χ1v) is 8.29. The zero-order valence-electron chi connectivity index (χ0n) is 12.0. The molecule has 8 heteroatoms. The molecule has 3 rings (SSSR count). The molecule has 0 atom stereocenters. The fourth-order valence-corrected chi connectivity index (χ4v) is 3.28.